The molecule has 0 amide bonds. The second kappa shape index (κ2) is 8.74. The summed E-state index contributed by atoms with van der Waals surface area (Å²) in [5, 5.41) is 0. The molecule has 6 nitrogen and oxygen atoms in total. The number of hydrogen-bond acceptors (Lipinski definition) is 6. The number of methoxy groups -OCH3 is 4. The molecule has 4 rings (SSSR count). The third-order valence-corrected chi connectivity index (χ3v) is 6.31. The summed E-state index contributed by atoms with van der Waals surface area (Å²) in [7, 11) is 6.91. The summed E-state index contributed by atoms with van der Waals surface area (Å²) in [6.45, 7) is 3.53. The lowest BCUT2D eigenvalue weighted by atomic mass is 9.66. The van der Waals surface area contributed by atoms with Crippen LogP contribution in [0.5, 0.6) is 23.0 Å². The molecule has 30 heavy (non-hydrogen) atoms. The Balaban J connectivity index is 1.94. The van der Waals surface area contributed by atoms with E-state index in [2.05, 4.69) is 31.2 Å². The highest BCUT2D eigenvalue weighted by atomic mass is 16.7. The van der Waals surface area contributed by atoms with E-state index < -0.39 is 0 Å². The van der Waals surface area contributed by atoms with Crippen molar-refractivity contribution in [3.8, 4) is 23.0 Å². The number of ether oxygens (including phenoxy) is 6. The highest BCUT2D eigenvalue weighted by Crippen LogP contribution is 2.54. The normalized spacial score (nSPS) is 22.0. The number of aryl methyl sites for hydroxylation is 1. The molecule has 0 saturated carbocycles. The Morgan fingerprint density at radius 1 is 0.967 bits per heavy atom. The van der Waals surface area contributed by atoms with Crippen molar-refractivity contribution >= 4 is 0 Å². The van der Waals surface area contributed by atoms with E-state index >= 15 is 0 Å². The fourth-order valence-electron chi connectivity index (χ4n) is 4.98. The molecule has 0 saturated heterocycles. The predicted molar refractivity (Wildman–Crippen MR) is 113 cm³/mol. The van der Waals surface area contributed by atoms with Gasteiger partial charge in [0.25, 0.3) is 0 Å². The monoisotopic (exact) mass is 414 g/mol. The highest BCUT2D eigenvalue weighted by molar-refractivity contribution is 5.64. The van der Waals surface area contributed by atoms with E-state index in [1.807, 2.05) is 0 Å². The number of rotatable bonds is 7. The lowest BCUT2D eigenvalue weighted by Crippen LogP contribution is -2.36. The van der Waals surface area contributed by atoms with Gasteiger partial charge in [-0.2, -0.15) is 0 Å². The summed E-state index contributed by atoms with van der Waals surface area (Å²) in [6.07, 6.45) is 0.865. The van der Waals surface area contributed by atoms with Gasteiger partial charge in [0.15, 0.2) is 11.5 Å². The van der Waals surface area contributed by atoms with Gasteiger partial charge in [-0.05, 0) is 54.0 Å². The van der Waals surface area contributed by atoms with Crippen LogP contribution in [0, 0.1) is 18.8 Å². The van der Waals surface area contributed by atoms with Crippen LogP contribution in [0.15, 0.2) is 24.3 Å². The summed E-state index contributed by atoms with van der Waals surface area (Å²) in [4.78, 5) is 0. The zero-order valence-electron chi connectivity index (χ0n) is 18.3. The van der Waals surface area contributed by atoms with Gasteiger partial charge in [-0.25, -0.2) is 0 Å². The molecule has 2 aromatic carbocycles. The molecule has 3 atom stereocenters. The molecule has 0 spiro atoms. The van der Waals surface area contributed by atoms with E-state index in [0.717, 1.165) is 34.8 Å². The highest BCUT2D eigenvalue weighted by Gasteiger charge is 2.42. The number of fused-ring (bicyclic) bond motifs is 2. The zero-order valence-corrected chi connectivity index (χ0v) is 18.3. The SMILES string of the molecule is COCC1Cc2cc3c(c(OC)c2[C@H](c2ccc(C)c(OC)c2)C1COC)OCO3. The first kappa shape index (κ1) is 20.8. The van der Waals surface area contributed by atoms with Crippen LogP contribution >= 0.6 is 0 Å². The summed E-state index contributed by atoms with van der Waals surface area (Å²) >= 11 is 0. The third kappa shape index (κ3) is 3.48. The van der Waals surface area contributed by atoms with Crippen LogP contribution in [0.1, 0.15) is 28.2 Å². The van der Waals surface area contributed by atoms with Gasteiger partial charge in [0.2, 0.25) is 12.5 Å². The Morgan fingerprint density at radius 2 is 1.77 bits per heavy atom. The van der Waals surface area contributed by atoms with Gasteiger partial charge in [-0.1, -0.05) is 12.1 Å². The maximum absolute atomic E-state index is 5.90. The van der Waals surface area contributed by atoms with Crippen LogP contribution in [0.4, 0.5) is 0 Å². The molecule has 2 unspecified atom stereocenters. The van der Waals surface area contributed by atoms with Crippen molar-refractivity contribution in [2.24, 2.45) is 11.8 Å². The molecule has 1 aliphatic carbocycles. The minimum Gasteiger partial charge on any atom is -0.496 e. The topological polar surface area (TPSA) is 55.4 Å². The van der Waals surface area contributed by atoms with E-state index in [1.165, 1.54) is 11.1 Å². The van der Waals surface area contributed by atoms with Crippen LogP contribution in [0.2, 0.25) is 0 Å². The van der Waals surface area contributed by atoms with Crippen molar-refractivity contribution in [2.75, 3.05) is 48.4 Å². The van der Waals surface area contributed by atoms with Crippen LogP contribution in [0.25, 0.3) is 0 Å². The van der Waals surface area contributed by atoms with E-state index in [9.17, 15) is 0 Å². The van der Waals surface area contributed by atoms with Crippen LogP contribution in [0.3, 0.4) is 0 Å². The van der Waals surface area contributed by atoms with E-state index in [-0.39, 0.29) is 18.6 Å². The quantitative estimate of drug-likeness (QED) is 0.684. The van der Waals surface area contributed by atoms with Gasteiger partial charge in [0, 0.05) is 32.3 Å². The fourth-order valence-corrected chi connectivity index (χ4v) is 4.98. The lowest BCUT2D eigenvalue weighted by molar-refractivity contribution is 0.0560. The van der Waals surface area contributed by atoms with Crippen molar-refractivity contribution in [3.05, 3.63) is 46.5 Å². The van der Waals surface area contributed by atoms with Gasteiger partial charge in [0.05, 0.1) is 20.8 Å². The average molecular weight is 414 g/mol. The molecule has 162 valence electrons. The average Bonchev–Trinajstić information content (AvgIpc) is 3.21. The summed E-state index contributed by atoms with van der Waals surface area (Å²) in [5.41, 5.74) is 4.61. The summed E-state index contributed by atoms with van der Waals surface area (Å²) < 4.78 is 34.3. The third-order valence-electron chi connectivity index (χ3n) is 6.31. The van der Waals surface area contributed by atoms with Gasteiger partial charge < -0.3 is 28.4 Å². The minimum absolute atomic E-state index is 0.0489. The molecule has 0 radical (unpaired) electrons. The molecular formula is C24H30O6. The first-order valence-electron chi connectivity index (χ1n) is 10.2. The molecule has 0 aromatic heterocycles. The van der Waals surface area contributed by atoms with Crippen molar-refractivity contribution in [1.29, 1.82) is 0 Å². The predicted octanol–water partition coefficient (Wildman–Crippen LogP) is 3.95. The molecule has 0 bridgehead atoms. The Labute approximate surface area is 178 Å². The zero-order chi connectivity index (χ0) is 21.3. The molecule has 1 heterocycles. The number of hydrogen-bond donors (Lipinski definition) is 0. The Kier molecular flexibility index (Phi) is 6.06. The van der Waals surface area contributed by atoms with E-state index in [0.29, 0.717) is 24.9 Å². The van der Waals surface area contributed by atoms with Crippen molar-refractivity contribution < 1.29 is 28.4 Å². The van der Waals surface area contributed by atoms with Crippen LogP contribution in [-0.2, 0) is 15.9 Å². The van der Waals surface area contributed by atoms with Gasteiger partial charge in [0.1, 0.15) is 5.75 Å². The van der Waals surface area contributed by atoms with E-state index in [4.69, 9.17) is 28.4 Å². The second-order valence-corrected chi connectivity index (χ2v) is 7.96. The summed E-state index contributed by atoms with van der Waals surface area (Å²) in [5.74, 6) is 3.61. The smallest absolute Gasteiger partial charge is 0.231 e. The van der Waals surface area contributed by atoms with Gasteiger partial charge >= 0.3 is 0 Å². The van der Waals surface area contributed by atoms with Crippen LogP contribution < -0.4 is 18.9 Å². The maximum Gasteiger partial charge on any atom is 0.231 e. The Hall–Kier alpha value is -2.44. The fraction of sp³-hybridized carbons (Fsp3) is 0.500. The van der Waals surface area contributed by atoms with Crippen molar-refractivity contribution in [3.63, 3.8) is 0 Å². The molecule has 6 heteroatoms. The van der Waals surface area contributed by atoms with Crippen molar-refractivity contribution in [1.82, 2.24) is 0 Å². The standard InChI is InChI=1S/C24H30O6/c1-14-6-7-15(9-19(14)27-4)21-18(12-26-3)17(11-25-2)8-16-10-20-23(30-13-29-20)24(28-5)22(16)21/h6-7,9-10,17-18,21H,8,11-13H2,1-5H3/t17?,18?,21-/m1/s1. The van der Waals surface area contributed by atoms with Crippen LogP contribution in [-0.4, -0.2) is 48.4 Å². The van der Waals surface area contributed by atoms with E-state index in [1.54, 1.807) is 28.4 Å². The van der Waals surface area contributed by atoms with Gasteiger partial charge in [-0.3, -0.25) is 0 Å². The molecule has 0 N–H and O–H groups in total. The Bertz CT molecular complexity index is 909. The summed E-state index contributed by atoms with van der Waals surface area (Å²) in [6, 6.07) is 8.52. The molecule has 0 fully saturated rings. The minimum atomic E-state index is 0.0489. The molecule has 2 aliphatic rings. The number of benzene rings is 2. The maximum atomic E-state index is 5.90. The molecular weight excluding hydrogens is 384 g/mol. The lowest BCUT2D eigenvalue weighted by Gasteiger charge is -2.40. The first-order valence-corrected chi connectivity index (χ1v) is 10.2. The first-order chi connectivity index (χ1) is 14.6. The van der Waals surface area contributed by atoms with Crippen molar-refractivity contribution in [2.45, 2.75) is 19.3 Å². The molecule has 2 aromatic rings. The molecule has 1 aliphatic heterocycles. The van der Waals surface area contributed by atoms with Gasteiger partial charge in [-0.15, -0.1) is 0 Å². The second-order valence-electron chi connectivity index (χ2n) is 7.96. The Morgan fingerprint density at radius 3 is 2.47 bits per heavy atom. The largest absolute Gasteiger partial charge is 0.496 e.